The van der Waals surface area contributed by atoms with E-state index in [0.29, 0.717) is 0 Å². The molecule has 1 aromatic rings. The zero-order chi connectivity index (χ0) is 8.97. The third kappa shape index (κ3) is 2.58. The molecule has 2 N–H and O–H groups in total. The third-order valence-electron chi connectivity index (χ3n) is 1.88. The smallest absolute Gasteiger partial charge is 0.115 e. The number of nitrogens with zero attached hydrogens (tertiary/aromatic N) is 2. The molecule has 1 heterocycles. The molecule has 1 atom stereocenters. The van der Waals surface area contributed by atoms with E-state index in [2.05, 4.69) is 9.97 Å². The van der Waals surface area contributed by atoms with Gasteiger partial charge in [0, 0.05) is 17.9 Å². The van der Waals surface area contributed by atoms with Gasteiger partial charge < -0.3 is 5.73 Å². The Morgan fingerprint density at radius 1 is 1.58 bits per heavy atom. The molecule has 3 heteroatoms. The lowest BCUT2D eigenvalue weighted by atomic mass is 10.1. The van der Waals surface area contributed by atoms with E-state index in [1.54, 1.807) is 6.33 Å². The predicted molar refractivity (Wildman–Crippen MR) is 48.7 cm³/mol. The molecular formula is C9H15N3. The standard InChI is InChI=1S/C9H15N3/c1-7(10)3-4-9-5-11-6-12-8(9)2/h5-7H,3-4,10H2,1-2H3. The minimum absolute atomic E-state index is 0.254. The summed E-state index contributed by atoms with van der Waals surface area (Å²) in [6.45, 7) is 4.01. The van der Waals surface area contributed by atoms with E-state index < -0.39 is 0 Å². The Hall–Kier alpha value is -0.960. The van der Waals surface area contributed by atoms with Gasteiger partial charge in [-0.2, -0.15) is 0 Å². The monoisotopic (exact) mass is 165 g/mol. The van der Waals surface area contributed by atoms with Crippen molar-refractivity contribution in [2.45, 2.75) is 32.7 Å². The maximum absolute atomic E-state index is 5.65. The van der Waals surface area contributed by atoms with Crippen LogP contribution >= 0.6 is 0 Å². The van der Waals surface area contributed by atoms with Gasteiger partial charge in [0.25, 0.3) is 0 Å². The molecule has 1 rings (SSSR count). The number of hydrogen-bond donors (Lipinski definition) is 1. The van der Waals surface area contributed by atoms with Crippen LogP contribution in [-0.4, -0.2) is 16.0 Å². The van der Waals surface area contributed by atoms with Crippen LogP contribution in [-0.2, 0) is 6.42 Å². The Morgan fingerprint density at radius 3 is 2.92 bits per heavy atom. The van der Waals surface area contributed by atoms with Crippen LogP contribution in [0.3, 0.4) is 0 Å². The fourth-order valence-electron chi connectivity index (χ4n) is 1.05. The van der Waals surface area contributed by atoms with Gasteiger partial charge in [-0.05, 0) is 32.3 Å². The Bertz CT molecular complexity index is 245. The van der Waals surface area contributed by atoms with Crippen LogP contribution in [0.25, 0.3) is 0 Å². The van der Waals surface area contributed by atoms with Crippen LogP contribution in [0.1, 0.15) is 24.6 Å². The topological polar surface area (TPSA) is 51.8 Å². The van der Waals surface area contributed by atoms with E-state index in [1.165, 1.54) is 5.56 Å². The minimum atomic E-state index is 0.254. The summed E-state index contributed by atoms with van der Waals surface area (Å²) in [5.74, 6) is 0. The Kier molecular flexibility index (Phi) is 3.17. The van der Waals surface area contributed by atoms with E-state index >= 15 is 0 Å². The van der Waals surface area contributed by atoms with Gasteiger partial charge in [-0.1, -0.05) is 0 Å². The van der Waals surface area contributed by atoms with Gasteiger partial charge in [0.15, 0.2) is 0 Å². The molecule has 0 amide bonds. The lowest BCUT2D eigenvalue weighted by molar-refractivity contribution is 0.661. The van der Waals surface area contributed by atoms with E-state index in [9.17, 15) is 0 Å². The summed E-state index contributed by atoms with van der Waals surface area (Å²) in [5, 5.41) is 0. The third-order valence-corrected chi connectivity index (χ3v) is 1.88. The quantitative estimate of drug-likeness (QED) is 0.728. The first-order valence-electron chi connectivity index (χ1n) is 4.21. The number of aryl methyl sites for hydroxylation is 2. The number of aromatic nitrogens is 2. The van der Waals surface area contributed by atoms with Crippen molar-refractivity contribution in [2.75, 3.05) is 0 Å². The summed E-state index contributed by atoms with van der Waals surface area (Å²) in [7, 11) is 0. The van der Waals surface area contributed by atoms with Crippen molar-refractivity contribution in [2.24, 2.45) is 5.73 Å². The highest BCUT2D eigenvalue weighted by molar-refractivity contribution is 5.14. The molecule has 0 aliphatic carbocycles. The second-order valence-corrected chi connectivity index (χ2v) is 3.15. The second-order valence-electron chi connectivity index (χ2n) is 3.15. The summed E-state index contributed by atoms with van der Waals surface area (Å²) in [5.41, 5.74) is 7.91. The van der Waals surface area contributed by atoms with Gasteiger partial charge in [-0.25, -0.2) is 9.97 Å². The van der Waals surface area contributed by atoms with Crippen LogP contribution in [0.5, 0.6) is 0 Å². The minimum Gasteiger partial charge on any atom is -0.328 e. The second kappa shape index (κ2) is 4.16. The average molecular weight is 165 g/mol. The zero-order valence-corrected chi connectivity index (χ0v) is 7.62. The van der Waals surface area contributed by atoms with Crippen molar-refractivity contribution in [1.82, 2.24) is 9.97 Å². The highest BCUT2D eigenvalue weighted by Gasteiger charge is 2.00. The van der Waals surface area contributed by atoms with Crippen LogP contribution < -0.4 is 5.73 Å². The molecule has 1 aromatic heterocycles. The maximum Gasteiger partial charge on any atom is 0.115 e. The molecule has 0 radical (unpaired) electrons. The summed E-state index contributed by atoms with van der Waals surface area (Å²) in [4.78, 5) is 8.08. The predicted octanol–water partition coefficient (Wildman–Crippen LogP) is 1.06. The molecule has 0 fully saturated rings. The highest BCUT2D eigenvalue weighted by atomic mass is 14.8. The number of rotatable bonds is 3. The van der Waals surface area contributed by atoms with Gasteiger partial charge in [0.05, 0.1) is 0 Å². The molecule has 1 unspecified atom stereocenters. The van der Waals surface area contributed by atoms with Crippen molar-refractivity contribution in [3.8, 4) is 0 Å². The fourth-order valence-corrected chi connectivity index (χ4v) is 1.05. The van der Waals surface area contributed by atoms with Gasteiger partial charge in [-0.15, -0.1) is 0 Å². The van der Waals surface area contributed by atoms with Crippen LogP contribution in [0, 0.1) is 6.92 Å². The first-order chi connectivity index (χ1) is 5.70. The van der Waals surface area contributed by atoms with Gasteiger partial charge >= 0.3 is 0 Å². The molecule has 0 saturated heterocycles. The number of hydrogen-bond acceptors (Lipinski definition) is 3. The van der Waals surface area contributed by atoms with Crippen molar-refractivity contribution >= 4 is 0 Å². The lowest BCUT2D eigenvalue weighted by Gasteiger charge is -2.05. The summed E-state index contributed by atoms with van der Waals surface area (Å²) in [6.07, 6.45) is 5.41. The fraction of sp³-hybridized carbons (Fsp3) is 0.556. The summed E-state index contributed by atoms with van der Waals surface area (Å²) in [6, 6.07) is 0.254. The molecule has 3 nitrogen and oxygen atoms in total. The molecule has 0 aliphatic heterocycles. The molecule has 12 heavy (non-hydrogen) atoms. The molecule has 0 aromatic carbocycles. The molecule has 0 aliphatic rings. The molecule has 0 spiro atoms. The van der Waals surface area contributed by atoms with Gasteiger partial charge in [0.1, 0.15) is 6.33 Å². The van der Waals surface area contributed by atoms with E-state index in [1.807, 2.05) is 20.0 Å². The first-order valence-corrected chi connectivity index (χ1v) is 4.21. The van der Waals surface area contributed by atoms with E-state index in [0.717, 1.165) is 18.5 Å². The Balaban J connectivity index is 2.57. The zero-order valence-electron chi connectivity index (χ0n) is 7.62. The van der Waals surface area contributed by atoms with E-state index in [-0.39, 0.29) is 6.04 Å². The van der Waals surface area contributed by atoms with Crippen LogP contribution in [0.15, 0.2) is 12.5 Å². The van der Waals surface area contributed by atoms with Crippen molar-refractivity contribution in [3.05, 3.63) is 23.8 Å². The van der Waals surface area contributed by atoms with Crippen LogP contribution in [0.2, 0.25) is 0 Å². The normalized spacial score (nSPS) is 12.9. The Labute approximate surface area is 73.0 Å². The largest absolute Gasteiger partial charge is 0.328 e. The summed E-state index contributed by atoms with van der Waals surface area (Å²) < 4.78 is 0. The molecule has 66 valence electrons. The van der Waals surface area contributed by atoms with Crippen molar-refractivity contribution in [3.63, 3.8) is 0 Å². The van der Waals surface area contributed by atoms with Gasteiger partial charge in [-0.3, -0.25) is 0 Å². The van der Waals surface area contributed by atoms with Crippen molar-refractivity contribution in [1.29, 1.82) is 0 Å². The van der Waals surface area contributed by atoms with E-state index in [4.69, 9.17) is 5.73 Å². The molecule has 0 saturated carbocycles. The Morgan fingerprint density at radius 2 is 2.33 bits per heavy atom. The molecule has 0 bridgehead atoms. The first kappa shape index (κ1) is 9.13. The molecular weight excluding hydrogens is 150 g/mol. The van der Waals surface area contributed by atoms with Crippen LogP contribution in [0.4, 0.5) is 0 Å². The maximum atomic E-state index is 5.65. The summed E-state index contributed by atoms with van der Waals surface area (Å²) >= 11 is 0. The van der Waals surface area contributed by atoms with Gasteiger partial charge in [0.2, 0.25) is 0 Å². The average Bonchev–Trinajstić information content (AvgIpc) is 2.03. The number of nitrogens with two attached hydrogens (primary N) is 1. The highest BCUT2D eigenvalue weighted by Crippen LogP contribution is 2.05. The SMILES string of the molecule is Cc1ncncc1CCC(C)N. The van der Waals surface area contributed by atoms with Crippen molar-refractivity contribution < 1.29 is 0 Å². The lowest BCUT2D eigenvalue weighted by Crippen LogP contribution is -2.15.